The largest absolute Gasteiger partial charge is 0.396 e. The van der Waals surface area contributed by atoms with E-state index in [1.807, 2.05) is 13.8 Å². The summed E-state index contributed by atoms with van der Waals surface area (Å²) in [5, 5.41) is 9.14. The van der Waals surface area contributed by atoms with Gasteiger partial charge in [-0.15, -0.1) is 0 Å². The molecular weight excluding hydrogens is 450 g/mol. The van der Waals surface area contributed by atoms with Gasteiger partial charge in [-0.3, -0.25) is 0 Å². The number of unbranched alkanes of at least 4 members (excludes halogenated alkanes) is 1. The van der Waals surface area contributed by atoms with E-state index in [-0.39, 0.29) is 6.61 Å². The zero-order valence-electron chi connectivity index (χ0n) is 22.7. The Balaban J connectivity index is 0.00000156. The number of aromatic nitrogens is 1. The van der Waals surface area contributed by atoms with Crippen LogP contribution in [-0.2, 0) is 6.42 Å². The van der Waals surface area contributed by atoms with Gasteiger partial charge in [0.1, 0.15) is 0 Å². The molecule has 0 amide bonds. The molecule has 37 heavy (non-hydrogen) atoms. The monoisotopic (exact) mass is 493 g/mol. The second-order valence-electron chi connectivity index (χ2n) is 9.92. The van der Waals surface area contributed by atoms with E-state index in [1.54, 1.807) is 0 Å². The third kappa shape index (κ3) is 6.62. The van der Waals surface area contributed by atoms with Crippen molar-refractivity contribution in [2.24, 2.45) is 0 Å². The highest BCUT2D eigenvalue weighted by Gasteiger charge is 2.27. The van der Waals surface area contributed by atoms with E-state index in [0.29, 0.717) is 5.92 Å². The van der Waals surface area contributed by atoms with Crippen molar-refractivity contribution in [2.75, 3.05) is 6.61 Å². The van der Waals surface area contributed by atoms with Gasteiger partial charge >= 0.3 is 0 Å². The summed E-state index contributed by atoms with van der Waals surface area (Å²) in [7, 11) is 0. The molecule has 1 heterocycles. The van der Waals surface area contributed by atoms with Gasteiger partial charge in [-0.05, 0) is 73.4 Å². The Morgan fingerprint density at radius 2 is 1.59 bits per heavy atom. The molecular formula is C35H43NO. The Morgan fingerprint density at radius 3 is 2.32 bits per heavy atom. The van der Waals surface area contributed by atoms with E-state index in [1.165, 1.54) is 71.4 Å². The van der Waals surface area contributed by atoms with E-state index in [4.69, 9.17) is 5.11 Å². The Hall–Kier alpha value is -3.10. The predicted molar refractivity (Wildman–Crippen MR) is 159 cm³/mol. The lowest BCUT2D eigenvalue weighted by Gasteiger charge is -2.26. The first-order valence-electron chi connectivity index (χ1n) is 14.4. The maximum Gasteiger partial charge on any atom is 0.0500 e. The smallest absolute Gasteiger partial charge is 0.0500 e. The molecule has 0 bridgehead atoms. The number of benzene rings is 2. The lowest BCUT2D eigenvalue weighted by atomic mass is 9.84. The zero-order valence-corrected chi connectivity index (χ0v) is 22.7. The van der Waals surface area contributed by atoms with Gasteiger partial charge in [0, 0.05) is 29.5 Å². The standard InChI is InChI=1S/C33H37NO.C2H6/c35-24-12-11-13-26-20-22-30(23-21-26)34-32(28-16-5-1-2-6-17-28)25-31(27-14-7-3-8-15-27)33(34)29-18-9-4-10-19-29;1-2/h1-3,5-8,14-16,20-23,25,29,35H,4,9-13,17-19,24H2;1-2H3. The molecule has 0 unspecified atom stereocenters. The van der Waals surface area contributed by atoms with Gasteiger partial charge in [0.2, 0.25) is 0 Å². The molecule has 2 nitrogen and oxygen atoms in total. The summed E-state index contributed by atoms with van der Waals surface area (Å²) in [4.78, 5) is 0. The maximum atomic E-state index is 9.14. The fourth-order valence-corrected chi connectivity index (χ4v) is 5.69. The van der Waals surface area contributed by atoms with E-state index < -0.39 is 0 Å². The first-order chi connectivity index (χ1) is 18.3. The number of nitrogens with zero attached hydrogens (tertiary/aromatic N) is 1. The summed E-state index contributed by atoms with van der Waals surface area (Å²) in [6, 6.07) is 22.6. The van der Waals surface area contributed by atoms with Crippen LogP contribution in [0.2, 0.25) is 0 Å². The summed E-state index contributed by atoms with van der Waals surface area (Å²) in [6.07, 6.45) is 21.4. The van der Waals surface area contributed by atoms with Crippen molar-refractivity contribution in [2.45, 2.75) is 77.6 Å². The minimum atomic E-state index is 0.274. The van der Waals surface area contributed by atoms with Crippen LogP contribution < -0.4 is 0 Å². The topological polar surface area (TPSA) is 25.2 Å². The molecule has 0 radical (unpaired) electrons. The predicted octanol–water partition coefficient (Wildman–Crippen LogP) is 9.43. The van der Waals surface area contributed by atoms with Crippen LogP contribution in [0.4, 0.5) is 0 Å². The Morgan fingerprint density at radius 1 is 0.838 bits per heavy atom. The molecule has 2 aliphatic rings. The van der Waals surface area contributed by atoms with Crippen LogP contribution in [0.25, 0.3) is 22.4 Å². The number of hydrogen-bond acceptors (Lipinski definition) is 1. The molecule has 1 aromatic heterocycles. The van der Waals surface area contributed by atoms with Gasteiger partial charge in [-0.1, -0.05) is 106 Å². The highest BCUT2D eigenvalue weighted by atomic mass is 16.2. The van der Waals surface area contributed by atoms with Crippen LogP contribution >= 0.6 is 0 Å². The zero-order chi connectivity index (χ0) is 25.9. The molecule has 0 saturated heterocycles. The van der Waals surface area contributed by atoms with E-state index in [2.05, 4.69) is 95.6 Å². The van der Waals surface area contributed by atoms with Crippen molar-refractivity contribution in [3.05, 3.63) is 108 Å². The van der Waals surface area contributed by atoms with Crippen LogP contribution in [0.15, 0.2) is 91.0 Å². The lowest BCUT2D eigenvalue weighted by Crippen LogP contribution is -2.12. The molecule has 1 saturated carbocycles. The van der Waals surface area contributed by atoms with E-state index in [9.17, 15) is 0 Å². The molecule has 1 N–H and O–H groups in total. The lowest BCUT2D eigenvalue weighted by molar-refractivity contribution is 0.284. The summed E-state index contributed by atoms with van der Waals surface area (Å²) in [5.41, 5.74) is 9.46. The number of aryl methyl sites for hydroxylation is 1. The minimum Gasteiger partial charge on any atom is -0.396 e. The van der Waals surface area contributed by atoms with Gasteiger partial charge in [-0.25, -0.2) is 0 Å². The van der Waals surface area contributed by atoms with Crippen LogP contribution in [0.3, 0.4) is 0 Å². The fourth-order valence-electron chi connectivity index (χ4n) is 5.69. The van der Waals surface area contributed by atoms with Gasteiger partial charge in [-0.2, -0.15) is 0 Å². The van der Waals surface area contributed by atoms with Crippen molar-refractivity contribution in [1.82, 2.24) is 4.57 Å². The minimum absolute atomic E-state index is 0.274. The Labute approximate surface area is 224 Å². The third-order valence-corrected chi connectivity index (χ3v) is 7.51. The molecule has 0 spiro atoms. The normalized spacial score (nSPS) is 15.6. The quantitative estimate of drug-likeness (QED) is 0.311. The van der Waals surface area contributed by atoms with Crippen molar-refractivity contribution < 1.29 is 5.11 Å². The van der Waals surface area contributed by atoms with E-state index in [0.717, 1.165) is 25.7 Å². The number of rotatable bonds is 8. The summed E-state index contributed by atoms with van der Waals surface area (Å²) < 4.78 is 2.58. The number of aliphatic hydroxyl groups excluding tert-OH is 1. The SMILES string of the molecule is CC.OCCCCc1ccc(-n2c(C3=CC=CC=CC3)cc(-c3ccccc3)c2C2CCCCC2)cc1. The third-order valence-electron chi connectivity index (χ3n) is 7.51. The van der Waals surface area contributed by atoms with Crippen LogP contribution in [-0.4, -0.2) is 16.3 Å². The van der Waals surface area contributed by atoms with Gasteiger partial charge in [0.05, 0.1) is 5.69 Å². The van der Waals surface area contributed by atoms with Crippen molar-refractivity contribution >= 4 is 5.57 Å². The maximum absolute atomic E-state index is 9.14. The molecule has 0 atom stereocenters. The first-order valence-corrected chi connectivity index (χ1v) is 14.4. The van der Waals surface area contributed by atoms with Gasteiger partial charge in [0.15, 0.2) is 0 Å². The molecule has 3 aromatic rings. The molecule has 1 fully saturated rings. The van der Waals surface area contributed by atoms with Crippen molar-refractivity contribution in [3.8, 4) is 16.8 Å². The molecule has 2 heteroatoms. The van der Waals surface area contributed by atoms with Gasteiger partial charge in [0.25, 0.3) is 0 Å². The van der Waals surface area contributed by atoms with E-state index >= 15 is 0 Å². The first kappa shape index (κ1) is 26.9. The molecule has 2 aromatic carbocycles. The fraction of sp³-hybridized carbons (Fsp3) is 0.371. The Kier molecular flexibility index (Phi) is 10.2. The second-order valence-corrected chi connectivity index (χ2v) is 9.92. The highest BCUT2D eigenvalue weighted by molar-refractivity contribution is 5.78. The second kappa shape index (κ2) is 14.0. The summed E-state index contributed by atoms with van der Waals surface area (Å²) in [5.74, 6) is 0.578. The molecule has 194 valence electrons. The summed E-state index contributed by atoms with van der Waals surface area (Å²) >= 11 is 0. The van der Waals surface area contributed by atoms with Crippen molar-refractivity contribution in [1.29, 1.82) is 0 Å². The number of allylic oxidation sites excluding steroid dienone is 6. The highest BCUT2D eigenvalue weighted by Crippen LogP contribution is 2.43. The average Bonchev–Trinajstić information content (AvgIpc) is 3.16. The average molecular weight is 494 g/mol. The molecule has 2 aliphatic carbocycles. The van der Waals surface area contributed by atoms with Gasteiger partial charge < -0.3 is 9.67 Å². The van der Waals surface area contributed by atoms with Crippen LogP contribution in [0.1, 0.15) is 88.1 Å². The van der Waals surface area contributed by atoms with Crippen molar-refractivity contribution in [3.63, 3.8) is 0 Å². The van der Waals surface area contributed by atoms with Crippen LogP contribution in [0, 0.1) is 0 Å². The number of aliphatic hydroxyl groups is 1. The molecule has 0 aliphatic heterocycles. The summed E-state index contributed by atoms with van der Waals surface area (Å²) in [6.45, 7) is 4.27. The molecule has 5 rings (SSSR count). The Bertz CT molecular complexity index is 1190. The number of hydrogen-bond donors (Lipinski definition) is 1. The van der Waals surface area contributed by atoms with Crippen LogP contribution in [0.5, 0.6) is 0 Å².